The fourth-order valence-corrected chi connectivity index (χ4v) is 5.42. The number of hydrogen-bond donors (Lipinski definition) is 3. The fourth-order valence-electron chi connectivity index (χ4n) is 3.60. The number of aliphatic hydroxyl groups excluding tert-OH is 1. The second-order valence-electron chi connectivity index (χ2n) is 9.40. The summed E-state index contributed by atoms with van der Waals surface area (Å²) in [5.41, 5.74) is 9.31. The van der Waals surface area contributed by atoms with Crippen molar-refractivity contribution in [3.63, 3.8) is 0 Å². The van der Waals surface area contributed by atoms with E-state index in [1.54, 1.807) is 56.2 Å². The van der Waals surface area contributed by atoms with Gasteiger partial charge in [-0.05, 0) is 142 Å². The number of thiol groups is 1. The summed E-state index contributed by atoms with van der Waals surface area (Å²) in [4.78, 5) is 31.2. The molecule has 0 aromatic carbocycles. The van der Waals surface area contributed by atoms with Gasteiger partial charge >= 0.3 is 24.8 Å². The maximum atomic E-state index is 9.49. The molecule has 0 aliphatic heterocycles. The number of imidazole rings is 1. The van der Waals surface area contributed by atoms with Gasteiger partial charge in [-0.25, -0.2) is 39.9 Å². The molecule has 0 amide bonds. The van der Waals surface area contributed by atoms with Gasteiger partial charge in [-0.3, -0.25) is 4.40 Å². The third-order valence-corrected chi connectivity index (χ3v) is 9.05. The Morgan fingerprint density at radius 1 is 0.893 bits per heavy atom. The van der Waals surface area contributed by atoms with Crippen LogP contribution in [0.4, 0.5) is 5.82 Å². The average Bonchev–Trinajstić information content (AvgIpc) is 3.60. The number of fused-ring (bicyclic) bond motifs is 1. The van der Waals surface area contributed by atoms with E-state index >= 15 is 0 Å². The van der Waals surface area contributed by atoms with E-state index in [0.29, 0.717) is 24.7 Å². The van der Waals surface area contributed by atoms with E-state index in [9.17, 15) is 5.11 Å². The first-order valence-electron chi connectivity index (χ1n) is 15.1. The molecule has 0 aliphatic rings. The zero-order valence-corrected chi connectivity index (χ0v) is 37.4. The Kier molecular flexibility index (Phi) is 29.0. The predicted molar refractivity (Wildman–Crippen MR) is 250 cm³/mol. The van der Waals surface area contributed by atoms with E-state index in [4.69, 9.17) is 50.0 Å². The van der Waals surface area contributed by atoms with Crippen molar-refractivity contribution < 1.29 is 14.6 Å². The van der Waals surface area contributed by atoms with Crippen LogP contribution in [0.2, 0.25) is 15.9 Å². The second kappa shape index (κ2) is 30.4. The summed E-state index contributed by atoms with van der Waals surface area (Å²) in [6, 6.07) is 13.0. The zero-order valence-electron chi connectivity index (χ0n) is 28.3. The van der Waals surface area contributed by atoms with Crippen LogP contribution in [0.3, 0.4) is 0 Å². The van der Waals surface area contributed by atoms with Crippen molar-refractivity contribution in [1.82, 2.24) is 44.3 Å². The molecule has 22 heteroatoms. The molecule has 6 aromatic heterocycles. The van der Waals surface area contributed by atoms with E-state index in [0.717, 1.165) is 29.9 Å². The van der Waals surface area contributed by atoms with Gasteiger partial charge in [-0.2, -0.15) is 0 Å². The second-order valence-corrected chi connectivity index (χ2v) is 14.0. The topological polar surface area (TPSA) is 185 Å². The van der Waals surface area contributed by atoms with Gasteiger partial charge < -0.3 is 20.3 Å². The molecule has 2 atom stereocenters. The van der Waals surface area contributed by atoms with Crippen LogP contribution in [0.5, 0.6) is 0 Å². The minimum absolute atomic E-state index is 0. The molecule has 3 N–H and O–H groups in total. The van der Waals surface area contributed by atoms with Gasteiger partial charge in [0.15, 0.2) is 11.9 Å². The Morgan fingerprint density at radius 3 is 2.05 bits per heavy atom. The summed E-state index contributed by atoms with van der Waals surface area (Å²) < 4.78 is 16.8. The van der Waals surface area contributed by atoms with E-state index < -0.39 is 11.1 Å². The van der Waals surface area contributed by atoms with Gasteiger partial charge in [0.25, 0.3) is 0 Å². The van der Waals surface area contributed by atoms with Gasteiger partial charge in [0, 0.05) is 37.6 Å². The number of pyridine rings is 2. The normalized spacial score (nSPS) is 10.9. The molecule has 0 saturated heterocycles. The molecular formula is C34H39BBrCl3I2N11O3S. The minimum atomic E-state index is -0.939. The number of aromatic nitrogens is 9. The van der Waals surface area contributed by atoms with Crippen molar-refractivity contribution in [3.05, 3.63) is 120 Å². The Morgan fingerprint density at radius 2 is 1.50 bits per heavy atom. The van der Waals surface area contributed by atoms with Crippen LogP contribution in [0, 0.1) is 7.14 Å². The molecule has 56 heavy (non-hydrogen) atoms. The molecule has 6 aromatic rings. The number of aliphatic hydroxyl groups is 1. The number of anilines is 1. The van der Waals surface area contributed by atoms with E-state index in [2.05, 4.69) is 126 Å². The zero-order chi connectivity index (χ0) is 39.9. The number of alkyl halides is 1. The molecule has 0 fully saturated rings. The predicted octanol–water partition coefficient (Wildman–Crippen LogP) is 9.83. The Bertz CT molecular complexity index is 2040. The molecular weight excluding hydrogens is 1090 g/mol. The first-order valence-corrected chi connectivity index (χ1v) is 19.8. The quantitative estimate of drug-likeness (QED) is 0.0250. The van der Waals surface area contributed by atoms with Crippen molar-refractivity contribution in [3.8, 4) is 11.4 Å². The number of hydrogen-bond acceptors (Lipinski definition) is 14. The number of rotatable bonds is 8. The van der Waals surface area contributed by atoms with Crippen LogP contribution in [-0.2, 0) is 9.47 Å². The van der Waals surface area contributed by atoms with E-state index in [1.807, 2.05) is 47.9 Å². The van der Waals surface area contributed by atoms with Crippen LogP contribution in [0.1, 0.15) is 44.9 Å². The summed E-state index contributed by atoms with van der Waals surface area (Å²) >= 11 is 27.8. The molecule has 299 valence electrons. The van der Waals surface area contributed by atoms with E-state index in [1.165, 1.54) is 6.20 Å². The summed E-state index contributed by atoms with van der Waals surface area (Å²) in [6.45, 7) is 4.80. The molecule has 0 aliphatic carbocycles. The van der Waals surface area contributed by atoms with Crippen LogP contribution in [0.25, 0.3) is 23.1 Å². The molecule has 1 radical (unpaired) electrons. The number of nitrogens with two attached hydrogens (primary N) is 1. The summed E-state index contributed by atoms with van der Waals surface area (Å²) in [6.07, 6.45) is 12.6. The van der Waals surface area contributed by atoms with E-state index in [-0.39, 0.29) is 30.7 Å². The first-order chi connectivity index (χ1) is 25.9. The van der Waals surface area contributed by atoms with Crippen molar-refractivity contribution in [1.29, 1.82) is 0 Å². The van der Waals surface area contributed by atoms with Crippen LogP contribution in [0.15, 0.2) is 90.2 Å². The molecule has 2 unspecified atom stereocenters. The fraction of sp³-hybridized carbons (Fsp3) is 0.235. The van der Waals surface area contributed by atoms with Gasteiger partial charge in [0.2, 0.25) is 15.9 Å². The van der Waals surface area contributed by atoms with Crippen molar-refractivity contribution in [2.24, 2.45) is 4.30 Å². The van der Waals surface area contributed by atoms with Crippen molar-refractivity contribution in [2.45, 2.75) is 39.8 Å². The molecule has 0 saturated carbocycles. The summed E-state index contributed by atoms with van der Waals surface area (Å²) in [5, 5.41) is 10.1. The summed E-state index contributed by atoms with van der Waals surface area (Å²) in [5.74, 6) is 0.605. The Labute approximate surface area is 384 Å². The standard InChI is InChI=1S/C11H6ClIN4.C8H10BrClN2O2.C8H9ClN2O.C5H5IN2.2CH4.BHNS/c12-11-14-4-3-8(16-11)9-6-15-10-7(13)2-1-5-17(9)10;1-2-14-7(13)6(9)5-3-4-11-8(10)12-5;1-2-12-6-4-7-3-5-10-8(9)11-7;6-4-2-1-3-8-5(4)7;;;1-2-3/h1-6H;3-4,6-7,13H,2H2,1H3;3-6H,2H2,1H3;1-3H,(H2,7,8);2*1H4;3H/b;;6-4+;;;;. The SMILES string of the molecule is C.C.CCO/C=C/c1ccnc(Cl)n1.CCOC(O)C(Br)c1ccnc(Cl)n1.Clc1nccc(-c2cnc3c(I)cccn23)n1.Nc1ncccc1I.[B]=NS. The van der Waals surface area contributed by atoms with Gasteiger partial charge in [-0.1, -0.05) is 30.8 Å². The maximum absolute atomic E-state index is 9.49. The van der Waals surface area contributed by atoms with Crippen LogP contribution in [-0.4, -0.2) is 76.5 Å². The van der Waals surface area contributed by atoms with Crippen molar-refractivity contribution in [2.75, 3.05) is 18.9 Å². The monoisotopic (exact) mass is 1130 g/mol. The van der Waals surface area contributed by atoms with Crippen LogP contribution < -0.4 is 5.73 Å². The first kappa shape index (κ1) is 53.4. The third-order valence-electron chi connectivity index (χ3n) is 5.83. The molecule has 6 rings (SSSR count). The molecule has 0 spiro atoms. The molecule has 6 heterocycles. The number of nitrogens with zero attached hydrogens (tertiary/aromatic N) is 10. The summed E-state index contributed by atoms with van der Waals surface area (Å²) in [7, 11) is 4.34. The van der Waals surface area contributed by atoms with Gasteiger partial charge in [0.1, 0.15) is 10.6 Å². The average molecular weight is 1130 g/mol. The van der Waals surface area contributed by atoms with Crippen LogP contribution >= 0.6 is 109 Å². The Hall–Kier alpha value is -2.64. The van der Waals surface area contributed by atoms with Gasteiger partial charge in [-0.15, -0.1) is 0 Å². The molecule has 14 nitrogen and oxygen atoms in total. The Balaban J connectivity index is 0.000000714. The van der Waals surface area contributed by atoms with Gasteiger partial charge in [0.05, 0.1) is 49.0 Å². The van der Waals surface area contributed by atoms with Crippen molar-refractivity contribution >= 4 is 134 Å². The number of nitrogen functional groups attached to an aromatic ring is 1. The number of ether oxygens (including phenoxy) is 2. The number of halogens is 6. The molecule has 0 bridgehead atoms. The third kappa shape index (κ3) is 19.7.